The number of carbonyl (C=O) groups excluding carboxylic acids is 1. The van der Waals surface area contributed by atoms with Gasteiger partial charge in [-0.2, -0.15) is 5.10 Å². The molecule has 0 saturated carbocycles. The van der Waals surface area contributed by atoms with Crippen molar-refractivity contribution in [1.29, 1.82) is 0 Å². The van der Waals surface area contributed by atoms with Gasteiger partial charge < -0.3 is 15.8 Å². The molecular formula is C15H27ClN4O2. The Kier molecular flexibility index (Phi) is 6.84. The minimum atomic E-state index is -0.350. The molecule has 2 rings (SSSR count). The van der Waals surface area contributed by atoms with Gasteiger partial charge in [0.25, 0.3) is 0 Å². The van der Waals surface area contributed by atoms with Crippen LogP contribution in [0.4, 0.5) is 0 Å². The molecule has 1 aromatic heterocycles. The molecule has 7 heteroatoms. The van der Waals surface area contributed by atoms with E-state index in [-0.39, 0.29) is 36.6 Å². The van der Waals surface area contributed by atoms with E-state index < -0.39 is 0 Å². The maximum Gasteiger partial charge on any atom is 0.249 e. The molecule has 1 aliphatic rings. The fraction of sp³-hybridized carbons (Fsp3) is 0.733. The molecule has 1 saturated heterocycles. The van der Waals surface area contributed by atoms with Crippen molar-refractivity contribution in [1.82, 2.24) is 15.1 Å². The summed E-state index contributed by atoms with van der Waals surface area (Å²) in [5.74, 6) is -0.0300. The van der Waals surface area contributed by atoms with Crippen molar-refractivity contribution in [3.63, 3.8) is 0 Å². The quantitative estimate of drug-likeness (QED) is 0.844. The average molecular weight is 331 g/mol. The molecule has 0 aliphatic carbocycles. The van der Waals surface area contributed by atoms with E-state index in [4.69, 9.17) is 10.5 Å². The van der Waals surface area contributed by atoms with Crippen LogP contribution in [0.3, 0.4) is 0 Å². The number of hydrogen-bond donors (Lipinski definition) is 2. The Bertz CT molecular complexity index is 518. The van der Waals surface area contributed by atoms with Crippen LogP contribution in [0.2, 0.25) is 0 Å². The lowest BCUT2D eigenvalue weighted by atomic mass is 10.0. The third-order valence-electron chi connectivity index (χ3n) is 4.22. The summed E-state index contributed by atoms with van der Waals surface area (Å²) in [6, 6.07) is 0.0552. The Labute approximate surface area is 138 Å². The van der Waals surface area contributed by atoms with Gasteiger partial charge in [0.1, 0.15) is 6.10 Å². The summed E-state index contributed by atoms with van der Waals surface area (Å²) in [5, 5.41) is 7.44. The number of halogens is 1. The van der Waals surface area contributed by atoms with Crippen LogP contribution < -0.4 is 11.1 Å². The standard InChI is InChI=1S/C15H26N4O2.ClH/c1-9(7-13-10(2)18-19(4)11(13)3)17-15(20)14-6-5-12(8-16)21-14;/h9,12,14H,5-8,16H2,1-4H3,(H,17,20);1H/t9?,12-,14+;/m1./s1. The molecule has 6 nitrogen and oxygen atoms in total. The van der Waals surface area contributed by atoms with Crippen molar-refractivity contribution in [3.05, 3.63) is 17.0 Å². The lowest BCUT2D eigenvalue weighted by molar-refractivity contribution is -0.132. The molecule has 0 bridgehead atoms. The van der Waals surface area contributed by atoms with Crippen LogP contribution in [-0.4, -0.2) is 40.5 Å². The van der Waals surface area contributed by atoms with Gasteiger partial charge in [-0.1, -0.05) is 0 Å². The molecule has 0 aromatic carbocycles. The first-order valence-electron chi connectivity index (χ1n) is 7.57. The third kappa shape index (κ3) is 4.21. The zero-order chi connectivity index (χ0) is 15.6. The van der Waals surface area contributed by atoms with E-state index in [9.17, 15) is 4.79 Å². The van der Waals surface area contributed by atoms with Gasteiger partial charge in [0, 0.05) is 25.3 Å². The third-order valence-corrected chi connectivity index (χ3v) is 4.22. The minimum Gasteiger partial charge on any atom is -0.364 e. The van der Waals surface area contributed by atoms with Crippen LogP contribution in [0.5, 0.6) is 0 Å². The molecule has 1 aliphatic heterocycles. The van der Waals surface area contributed by atoms with Crippen molar-refractivity contribution in [3.8, 4) is 0 Å². The van der Waals surface area contributed by atoms with Gasteiger partial charge in [0.2, 0.25) is 5.91 Å². The van der Waals surface area contributed by atoms with Gasteiger partial charge in [-0.15, -0.1) is 12.4 Å². The summed E-state index contributed by atoms with van der Waals surface area (Å²) in [4.78, 5) is 12.2. The molecule has 1 unspecified atom stereocenters. The highest BCUT2D eigenvalue weighted by atomic mass is 35.5. The first-order chi connectivity index (χ1) is 9.92. The van der Waals surface area contributed by atoms with E-state index in [2.05, 4.69) is 17.3 Å². The van der Waals surface area contributed by atoms with E-state index in [1.54, 1.807) is 0 Å². The van der Waals surface area contributed by atoms with Gasteiger partial charge in [0.15, 0.2) is 0 Å². The first-order valence-corrected chi connectivity index (χ1v) is 7.57. The summed E-state index contributed by atoms with van der Waals surface area (Å²) in [7, 11) is 1.94. The van der Waals surface area contributed by atoms with Gasteiger partial charge >= 0.3 is 0 Å². The highest BCUT2D eigenvalue weighted by molar-refractivity contribution is 5.85. The summed E-state index contributed by atoms with van der Waals surface area (Å²) in [6.45, 7) is 6.55. The molecule has 0 radical (unpaired) electrons. The lowest BCUT2D eigenvalue weighted by Gasteiger charge is -2.18. The topological polar surface area (TPSA) is 82.2 Å². The largest absolute Gasteiger partial charge is 0.364 e. The van der Waals surface area contributed by atoms with Crippen molar-refractivity contribution in [2.45, 2.75) is 58.3 Å². The molecule has 3 atom stereocenters. The number of hydrogen-bond acceptors (Lipinski definition) is 4. The Balaban J connectivity index is 0.00000242. The van der Waals surface area contributed by atoms with Gasteiger partial charge in [0.05, 0.1) is 11.8 Å². The monoisotopic (exact) mass is 330 g/mol. The number of nitrogens with one attached hydrogen (secondary N) is 1. The van der Waals surface area contributed by atoms with Crippen LogP contribution in [0.1, 0.15) is 36.7 Å². The van der Waals surface area contributed by atoms with Crippen LogP contribution in [0.15, 0.2) is 0 Å². The fourth-order valence-electron chi connectivity index (χ4n) is 2.88. The van der Waals surface area contributed by atoms with Crippen LogP contribution >= 0.6 is 12.4 Å². The van der Waals surface area contributed by atoms with Crippen molar-refractivity contribution < 1.29 is 9.53 Å². The summed E-state index contributed by atoms with van der Waals surface area (Å²) < 4.78 is 7.50. The Morgan fingerprint density at radius 1 is 1.50 bits per heavy atom. The van der Waals surface area contributed by atoms with Gasteiger partial charge in [-0.3, -0.25) is 9.48 Å². The van der Waals surface area contributed by atoms with E-state index in [0.29, 0.717) is 6.54 Å². The van der Waals surface area contributed by atoms with Gasteiger partial charge in [-0.25, -0.2) is 0 Å². The minimum absolute atomic E-state index is 0. The van der Waals surface area contributed by atoms with Gasteiger partial charge in [-0.05, 0) is 45.6 Å². The smallest absolute Gasteiger partial charge is 0.249 e. The Hall–Kier alpha value is -1.11. The molecule has 2 heterocycles. The molecule has 126 valence electrons. The molecule has 1 amide bonds. The van der Waals surface area contributed by atoms with Crippen molar-refractivity contribution >= 4 is 18.3 Å². The summed E-state index contributed by atoms with van der Waals surface area (Å²) in [5.41, 5.74) is 8.95. The highest BCUT2D eigenvalue weighted by Gasteiger charge is 2.30. The van der Waals surface area contributed by atoms with Crippen molar-refractivity contribution in [2.24, 2.45) is 12.8 Å². The second kappa shape index (κ2) is 7.94. The zero-order valence-electron chi connectivity index (χ0n) is 13.8. The van der Waals surface area contributed by atoms with Crippen LogP contribution in [0, 0.1) is 13.8 Å². The van der Waals surface area contributed by atoms with Crippen molar-refractivity contribution in [2.75, 3.05) is 6.54 Å². The number of amides is 1. The van der Waals surface area contributed by atoms with E-state index in [1.165, 1.54) is 5.56 Å². The molecule has 0 spiro atoms. The molecule has 1 fully saturated rings. The summed E-state index contributed by atoms with van der Waals surface area (Å²) >= 11 is 0. The SMILES string of the molecule is Cc1nn(C)c(C)c1CC(C)NC(=O)[C@@H]1CC[C@H](CN)O1.Cl. The molecule has 22 heavy (non-hydrogen) atoms. The number of aromatic nitrogens is 2. The predicted octanol–water partition coefficient (Wildman–Crippen LogP) is 1.01. The average Bonchev–Trinajstić information content (AvgIpc) is 3.00. The Morgan fingerprint density at radius 3 is 2.68 bits per heavy atom. The Morgan fingerprint density at radius 2 is 2.18 bits per heavy atom. The van der Waals surface area contributed by atoms with Crippen LogP contribution in [-0.2, 0) is 23.0 Å². The molecular weight excluding hydrogens is 304 g/mol. The number of ether oxygens (including phenoxy) is 1. The maximum atomic E-state index is 12.2. The maximum absolute atomic E-state index is 12.2. The highest BCUT2D eigenvalue weighted by Crippen LogP contribution is 2.19. The fourth-order valence-corrected chi connectivity index (χ4v) is 2.88. The van der Waals surface area contributed by atoms with E-state index in [1.807, 2.05) is 25.6 Å². The zero-order valence-corrected chi connectivity index (χ0v) is 14.6. The number of rotatable bonds is 5. The number of nitrogens with zero attached hydrogens (tertiary/aromatic N) is 2. The number of aryl methyl sites for hydroxylation is 2. The number of carbonyl (C=O) groups is 1. The molecule has 1 aromatic rings. The van der Waals surface area contributed by atoms with E-state index >= 15 is 0 Å². The summed E-state index contributed by atoms with van der Waals surface area (Å²) in [6.07, 6.45) is 2.08. The predicted molar refractivity (Wildman–Crippen MR) is 88.2 cm³/mol. The van der Waals surface area contributed by atoms with E-state index in [0.717, 1.165) is 30.7 Å². The first kappa shape index (κ1) is 18.9. The second-order valence-electron chi connectivity index (χ2n) is 5.95. The lowest BCUT2D eigenvalue weighted by Crippen LogP contribution is -2.41. The second-order valence-corrected chi connectivity index (χ2v) is 5.95. The normalized spacial score (nSPS) is 22.2. The van der Waals surface area contributed by atoms with Crippen LogP contribution in [0.25, 0.3) is 0 Å². The molecule has 3 N–H and O–H groups in total. The number of nitrogens with two attached hydrogens (primary N) is 1.